The largest absolute Gasteiger partial charge is 0.378 e. The molecule has 0 bridgehead atoms. The molecule has 0 N–H and O–H groups in total. The number of hydrogen-bond acceptors (Lipinski definition) is 7. The van der Waals surface area contributed by atoms with E-state index in [0.717, 1.165) is 31.3 Å². The van der Waals surface area contributed by atoms with Crippen LogP contribution in [0.25, 0.3) is 11.3 Å². The fourth-order valence-electron chi connectivity index (χ4n) is 4.38. The molecule has 178 valence electrons. The highest BCUT2D eigenvalue weighted by Crippen LogP contribution is 2.31. The van der Waals surface area contributed by atoms with Gasteiger partial charge in [0.1, 0.15) is 17.5 Å². The van der Waals surface area contributed by atoms with Gasteiger partial charge in [-0.1, -0.05) is 29.3 Å². The van der Waals surface area contributed by atoms with Gasteiger partial charge in [0.05, 0.1) is 29.0 Å². The van der Waals surface area contributed by atoms with Crippen molar-refractivity contribution in [2.45, 2.75) is 13.0 Å². The van der Waals surface area contributed by atoms with Crippen molar-refractivity contribution in [1.29, 1.82) is 0 Å². The summed E-state index contributed by atoms with van der Waals surface area (Å²) in [5.41, 5.74) is 1.32. The van der Waals surface area contributed by atoms with Gasteiger partial charge >= 0.3 is 0 Å². The molecule has 2 aliphatic rings. The molecule has 0 aliphatic carbocycles. The highest BCUT2D eigenvalue weighted by atomic mass is 35.5. The number of anilines is 3. The van der Waals surface area contributed by atoms with Crippen molar-refractivity contribution in [3.8, 4) is 11.3 Å². The van der Waals surface area contributed by atoms with Crippen LogP contribution in [0.2, 0.25) is 10.0 Å². The highest BCUT2D eigenvalue weighted by Gasteiger charge is 2.28. The van der Waals surface area contributed by atoms with Gasteiger partial charge in [0.15, 0.2) is 0 Å². The van der Waals surface area contributed by atoms with E-state index in [2.05, 4.69) is 26.6 Å². The Morgan fingerprint density at radius 2 is 1.79 bits per heavy atom. The van der Waals surface area contributed by atoms with E-state index in [1.807, 2.05) is 18.2 Å². The molecular weight excluding hydrogens is 478 g/mol. The Morgan fingerprint density at radius 3 is 2.53 bits per heavy atom. The van der Waals surface area contributed by atoms with Crippen LogP contribution in [0.3, 0.4) is 0 Å². The third kappa shape index (κ3) is 4.76. The number of nitrogens with zero attached hydrogens (tertiary/aromatic N) is 6. The fraction of sp³-hybridized carbons (Fsp3) is 0.375. The van der Waals surface area contributed by atoms with E-state index < -0.39 is 5.82 Å². The summed E-state index contributed by atoms with van der Waals surface area (Å²) in [5.74, 6) is 1.75. The molecule has 0 saturated carbocycles. The normalized spacial score (nSPS) is 18.9. The molecule has 0 amide bonds. The third-order valence-corrected chi connectivity index (χ3v) is 6.77. The van der Waals surface area contributed by atoms with Gasteiger partial charge in [-0.3, -0.25) is 0 Å². The first kappa shape index (κ1) is 23.1. The van der Waals surface area contributed by atoms with Gasteiger partial charge in [-0.25, -0.2) is 14.4 Å². The molecule has 10 heteroatoms. The van der Waals surface area contributed by atoms with Crippen LogP contribution >= 0.6 is 23.2 Å². The van der Waals surface area contributed by atoms with Crippen molar-refractivity contribution in [2.75, 3.05) is 60.6 Å². The smallest absolute Gasteiger partial charge is 0.228 e. The number of piperazine rings is 1. The minimum atomic E-state index is -0.471. The maximum Gasteiger partial charge on any atom is 0.228 e. The standard InChI is InChI=1S/C24H25Cl2FN6O/c1-16-15-32(23-19(26)3-2-6-28-23)7-8-33(16)22-14-21(17-4-5-18(25)20(27)13-17)29-24(30-22)31-9-11-34-12-10-31/h2-6,13-14,16H,7-12,15H2,1H3/t16-/m0/s1. The van der Waals surface area contributed by atoms with E-state index in [4.69, 9.17) is 37.9 Å². The van der Waals surface area contributed by atoms with E-state index >= 15 is 0 Å². The molecule has 0 spiro atoms. The molecule has 3 aromatic rings. The Hall–Kier alpha value is -2.68. The molecule has 2 saturated heterocycles. The van der Waals surface area contributed by atoms with Crippen LogP contribution in [0.1, 0.15) is 6.92 Å². The first-order chi connectivity index (χ1) is 16.5. The highest BCUT2D eigenvalue weighted by molar-refractivity contribution is 6.33. The zero-order valence-corrected chi connectivity index (χ0v) is 20.3. The molecule has 2 fully saturated rings. The van der Waals surface area contributed by atoms with E-state index in [1.165, 1.54) is 6.07 Å². The lowest BCUT2D eigenvalue weighted by molar-refractivity contribution is 0.122. The zero-order valence-electron chi connectivity index (χ0n) is 18.8. The Balaban J connectivity index is 1.47. The molecule has 2 aromatic heterocycles. The van der Waals surface area contributed by atoms with Crippen molar-refractivity contribution >= 4 is 40.8 Å². The molecule has 5 rings (SSSR count). The number of aromatic nitrogens is 3. The second-order valence-corrected chi connectivity index (χ2v) is 9.25. The zero-order chi connectivity index (χ0) is 23.7. The van der Waals surface area contributed by atoms with Crippen LogP contribution in [-0.4, -0.2) is 66.9 Å². The summed E-state index contributed by atoms with van der Waals surface area (Å²) in [6, 6.07) is 10.5. The molecule has 4 heterocycles. The summed E-state index contributed by atoms with van der Waals surface area (Å²) < 4.78 is 19.7. The monoisotopic (exact) mass is 502 g/mol. The molecule has 1 atom stereocenters. The maximum atomic E-state index is 14.2. The molecule has 0 unspecified atom stereocenters. The van der Waals surface area contributed by atoms with Gasteiger partial charge in [-0.05, 0) is 31.2 Å². The van der Waals surface area contributed by atoms with Crippen molar-refractivity contribution in [3.05, 3.63) is 58.5 Å². The van der Waals surface area contributed by atoms with Gasteiger partial charge in [0, 0.05) is 56.6 Å². The molecular formula is C24H25Cl2FN6O. The van der Waals surface area contributed by atoms with Gasteiger partial charge < -0.3 is 19.4 Å². The van der Waals surface area contributed by atoms with Crippen molar-refractivity contribution < 1.29 is 9.13 Å². The molecule has 0 radical (unpaired) electrons. The van der Waals surface area contributed by atoms with Crippen LogP contribution in [-0.2, 0) is 4.74 Å². The second kappa shape index (κ2) is 9.90. The van der Waals surface area contributed by atoms with Crippen molar-refractivity contribution in [2.24, 2.45) is 0 Å². The van der Waals surface area contributed by atoms with Crippen LogP contribution in [0.5, 0.6) is 0 Å². The average Bonchev–Trinajstić information content (AvgIpc) is 2.86. The number of halogens is 3. The van der Waals surface area contributed by atoms with Crippen molar-refractivity contribution in [1.82, 2.24) is 15.0 Å². The molecule has 7 nitrogen and oxygen atoms in total. The first-order valence-electron chi connectivity index (χ1n) is 11.3. The Bertz CT molecular complexity index is 1180. The van der Waals surface area contributed by atoms with E-state index in [9.17, 15) is 4.39 Å². The number of rotatable bonds is 4. The topological polar surface area (TPSA) is 57.6 Å². The van der Waals surface area contributed by atoms with Crippen LogP contribution in [0.4, 0.5) is 22.0 Å². The lowest BCUT2D eigenvalue weighted by Gasteiger charge is -2.41. The number of hydrogen-bond donors (Lipinski definition) is 0. The van der Waals surface area contributed by atoms with Gasteiger partial charge in [-0.2, -0.15) is 4.98 Å². The number of pyridine rings is 1. The summed E-state index contributed by atoms with van der Waals surface area (Å²) >= 11 is 12.3. The second-order valence-electron chi connectivity index (χ2n) is 8.44. The number of morpholine rings is 1. The van der Waals surface area contributed by atoms with Gasteiger partial charge in [-0.15, -0.1) is 0 Å². The van der Waals surface area contributed by atoms with E-state index in [1.54, 1.807) is 18.3 Å². The Morgan fingerprint density at radius 1 is 0.971 bits per heavy atom. The van der Waals surface area contributed by atoms with Crippen molar-refractivity contribution in [3.63, 3.8) is 0 Å². The summed E-state index contributed by atoms with van der Waals surface area (Å²) in [4.78, 5) is 20.7. The lowest BCUT2D eigenvalue weighted by atomic mass is 10.1. The summed E-state index contributed by atoms with van der Waals surface area (Å²) in [5, 5.41) is 0.733. The predicted molar refractivity (Wildman–Crippen MR) is 134 cm³/mol. The molecule has 34 heavy (non-hydrogen) atoms. The van der Waals surface area contributed by atoms with Crippen LogP contribution < -0.4 is 14.7 Å². The SMILES string of the molecule is C[C@H]1CN(c2ncccc2Cl)CCN1c1cc(-c2ccc(Cl)c(F)c2)nc(N2CCOCC2)n1. The molecule has 1 aromatic carbocycles. The fourth-order valence-corrected chi connectivity index (χ4v) is 4.74. The molecule has 2 aliphatic heterocycles. The van der Waals surface area contributed by atoms with E-state index in [0.29, 0.717) is 48.5 Å². The average molecular weight is 503 g/mol. The number of benzene rings is 1. The predicted octanol–water partition coefficient (Wildman–Crippen LogP) is 4.54. The number of ether oxygens (including phenoxy) is 1. The summed E-state index contributed by atoms with van der Waals surface area (Å²) in [7, 11) is 0. The lowest BCUT2D eigenvalue weighted by Crippen LogP contribution is -2.53. The van der Waals surface area contributed by atoms with Gasteiger partial charge in [0.2, 0.25) is 5.95 Å². The summed E-state index contributed by atoms with van der Waals surface area (Å²) in [6.45, 7) is 7.06. The summed E-state index contributed by atoms with van der Waals surface area (Å²) in [6.07, 6.45) is 1.76. The quantitative estimate of drug-likeness (QED) is 0.519. The van der Waals surface area contributed by atoms with Gasteiger partial charge in [0.25, 0.3) is 0 Å². The van der Waals surface area contributed by atoms with Crippen LogP contribution in [0, 0.1) is 5.82 Å². The third-order valence-electron chi connectivity index (χ3n) is 6.17. The first-order valence-corrected chi connectivity index (χ1v) is 12.0. The Labute approximate surface area is 208 Å². The van der Waals surface area contributed by atoms with Crippen LogP contribution in [0.15, 0.2) is 42.6 Å². The van der Waals surface area contributed by atoms with E-state index in [-0.39, 0.29) is 11.1 Å². The minimum absolute atomic E-state index is 0.0874. The maximum absolute atomic E-state index is 14.2. The minimum Gasteiger partial charge on any atom is -0.378 e. The Kier molecular flexibility index (Phi) is 6.72.